The first kappa shape index (κ1) is 20.8. The maximum atomic E-state index is 13.4. The van der Waals surface area contributed by atoms with Crippen LogP contribution in [0.5, 0.6) is 0 Å². The SMILES string of the molecule is CN1CCN(S(=O)(=O)c2ccccc2S(=O)(=O)C(F)F)[C@@H](c2ccccc2)C1. The van der Waals surface area contributed by atoms with Crippen molar-refractivity contribution in [3.8, 4) is 0 Å². The maximum absolute atomic E-state index is 13.4. The topological polar surface area (TPSA) is 74.8 Å². The lowest BCUT2D eigenvalue weighted by atomic mass is 10.1. The van der Waals surface area contributed by atoms with E-state index < -0.39 is 41.5 Å². The highest BCUT2D eigenvalue weighted by atomic mass is 32.2. The first-order chi connectivity index (χ1) is 13.2. The molecular weight excluding hydrogens is 410 g/mol. The van der Waals surface area contributed by atoms with Crippen molar-refractivity contribution in [3.63, 3.8) is 0 Å². The number of piperazine rings is 1. The van der Waals surface area contributed by atoms with Gasteiger partial charge in [-0.25, -0.2) is 16.8 Å². The second-order valence-electron chi connectivity index (χ2n) is 6.56. The summed E-state index contributed by atoms with van der Waals surface area (Å²) in [4.78, 5) is 0.461. The summed E-state index contributed by atoms with van der Waals surface area (Å²) in [5.74, 6) is -3.71. The molecule has 28 heavy (non-hydrogen) atoms. The standard InChI is InChI=1S/C18H20F2N2O4S2/c1-21-11-12-22(15(13-21)14-7-3-2-4-8-14)28(25,26)17-10-6-5-9-16(17)27(23,24)18(19)20/h2-10,15,18H,11-13H2,1H3/t15-/m1/s1. The molecule has 0 N–H and O–H groups in total. The number of sulfonamides is 1. The van der Waals surface area contributed by atoms with Crippen molar-refractivity contribution in [2.24, 2.45) is 0 Å². The number of likely N-dealkylation sites (N-methyl/N-ethyl adjacent to an activating group) is 1. The summed E-state index contributed by atoms with van der Waals surface area (Å²) >= 11 is 0. The molecule has 1 aliphatic heterocycles. The predicted molar refractivity (Wildman–Crippen MR) is 100 cm³/mol. The lowest BCUT2D eigenvalue weighted by molar-refractivity contribution is 0.160. The van der Waals surface area contributed by atoms with E-state index in [0.717, 1.165) is 17.7 Å². The molecule has 10 heteroatoms. The second-order valence-corrected chi connectivity index (χ2v) is 10.3. The van der Waals surface area contributed by atoms with E-state index in [0.29, 0.717) is 13.1 Å². The Balaban J connectivity index is 2.12. The van der Waals surface area contributed by atoms with Gasteiger partial charge in [0.25, 0.3) is 0 Å². The predicted octanol–water partition coefficient (Wildman–Crippen LogP) is 2.36. The number of rotatable bonds is 5. The van der Waals surface area contributed by atoms with E-state index in [1.165, 1.54) is 16.4 Å². The Hall–Kier alpha value is -1.88. The van der Waals surface area contributed by atoms with Crippen molar-refractivity contribution < 1.29 is 25.6 Å². The summed E-state index contributed by atoms with van der Waals surface area (Å²) in [5, 5.41) is 0. The van der Waals surface area contributed by atoms with E-state index in [1.807, 2.05) is 11.9 Å². The van der Waals surface area contributed by atoms with Gasteiger partial charge in [0.05, 0.1) is 10.9 Å². The molecule has 1 fully saturated rings. The minimum atomic E-state index is -5.07. The largest absolute Gasteiger partial charge is 0.341 e. The van der Waals surface area contributed by atoms with Crippen LogP contribution in [0.3, 0.4) is 0 Å². The smallest absolute Gasteiger partial charge is 0.303 e. The molecule has 1 saturated heterocycles. The van der Waals surface area contributed by atoms with E-state index in [1.54, 1.807) is 30.3 Å². The van der Waals surface area contributed by atoms with Gasteiger partial charge in [-0.3, -0.25) is 0 Å². The molecule has 1 heterocycles. The van der Waals surface area contributed by atoms with Crippen molar-refractivity contribution >= 4 is 19.9 Å². The van der Waals surface area contributed by atoms with Crippen LogP contribution in [0, 0.1) is 0 Å². The summed E-state index contributed by atoms with van der Waals surface area (Å²) in [6.45, 7) is 0.945. The van der Waals surface area contributed by atoms with E-state index in [4.69, 9.17) is 0 Å². The van der Waals surface area contributed by atoms with E-state index in [9.17, 15) is 25.6 Å². The first-order valence-corrected chi connectivity index (χ1v) is 11.5. The van der Waals surface area contributed by atoms with Crippen LogP contribution in [0.25, 0.3) is 0 Å². The van der Waals surface area contributed by atoms with Gasteiger partial charge in [0.1, 0.15) is 4.90 Å². The van der Waals surface area contributed by atoms with Gasteiger partial charge in [0.15, 0.2) is 0 Å². The number of hydrogen-bond donors (Lipinski definition) is 0. The monoisotopic (exact) mass is 430 g/mol. The van der Waals surface area contributed by atoms with Crippen molar-refractivity contribution in [3.05, 3.63) is 60.2 Å². The van der Waals surface area contributed by atoms with E-state index in [2.05, 4.69) is 0 Å². The maximum Gasteiger partial charge on any atom is 0.341 e. The van der Waals surface area contributed by atoms with Crippen LogP contribution >= 0.6 is 0 Å². The number of benzene rings is 2. The van der Waals surface area contributed by atoms with Gasteiger partial charge >= 0.3 is 5.76 Å². The fraction of sp³-hybridized carbons (Fsp3) is 0.333. The third kappa shape index (κ3) is 3.82. The first-order valence-electron chi connectivity index (χ1n) is 8.52. The zero-order valence-electron chi connectivity index (χ0n) is 15.1. The van der Waals surface area contributed by atoms with Gasteiger partial charge in [-0.05, 0) is 24.7 Å². The molecule has 1 aliphatic rings. The molecule has 6 nitrogen and oxygen atoms in total. The fourth-order valence-corrected chi connectivity index (χ4v) is 6.40. The molecule has 2 aromatic carbocycles. The van der Waals surface area contributed by atoms with Crippen LogP contribution in [0.4, 0.5) is 8.78 Å². The molecule has 0 spiro atoms. The molecule has 2 aromatic rings. The lowest BCUT2D eigenvalue weighted by Gasteiger charge is -2.39. The lowest BCUT2D eigenvalue weighted by Crippen LogP contribution is -2.49. The Kier molecular flexibility index (Phi) is 5.85. The molecule has 0 amide bonds. The van der Waals surface area contributed by atoms with Crippen molar-refractivity contribution in [2.45, 2.75) is 21.6 Å². The van der Waals surface area contributed by atoms with Crippen molar-refractivity contribution in [1.29, 1.82) is 0 Å². The molecule has 152 valence electrons. The average Bonchev–Trinajstić information content (AvgIpc) is 2.68. The molecule has 0 aliphatic carbocycles. The Morgan fingerprint density at radius 3 is 2.07 bits per heavy atom. The van der Waals surface area contributed by atoms with Crippen LogP contribution in [0.1, 0.15) is 11.6 Å². The minimum absolute atomic E-state index is 0.113. The molecule has 1 atom stereocenters. The Morgan fingerprint density at radius 1 is 0.893 bits per heavy atom. The number of nitrogens with zero attached hydrogens (tertiary/aromatic N) is 2. The molecule has 3 rings (SSSR count). The van der Waals surface area contributed by atoms with Crippen molar-refractivity contribution in [1.82, 2.24) is 9.21 Å². The highest BCUT2D eigenvalue weighted by molar-refractivity contribution is 7.93. The number of halogens is 2. The van der Waals surface area contributed by atoms with Gasteiger partial charge in [0.2, 0.25) is 19.9 Å². The molecule has 0 saturated carbocycles. The summed E-state index contributed by atoms with van der Waals surface area (Å²) in [6, 6.07) is 12.9. The van der Waals surface area contributed by atoms with Gasteiger partial charge in [-0.2, -0.15) is 13.1 Å². The molecule has 0 aromatic heterocycles. The fourth-order valence-electron chi connectivity index (χ4n) is 3.26. The van der Waals surface area contributed by atoms with Gasteiger partial charge in [-0.1, -0.05) is 42.5 Å². The van der Waals surface area contributed by atoms with Crippen LogP contribution in [0.15, 0.2) is 64.4 Å². The van der Waals surface area contributed by atoms with Gasteiger partial charge in [0, 0.05) is 19.6 Å². The average molecular weight is 430 g/mol. The number of hydrogen-bond acceptors (Lipinski definition) is 5. The summed E-state index contributed by atoms with van der Waals surface area (Å²) in [5.41, 5.74) is 0.742. The minimum Gasteiger partial charge on any atom is -0.303 e. The van der Waals surface area contributed by atoms with Crippen molar-refractivity contribution in [2.75, 3.05) is 26.7 Å². The summed E-state index contributed by atoms with van der Waals surface area (Å²) in [6.07, 6.45) is 0. The Labute approximate surface area is 163 Å². The zero-order chi connectivity index (χ0) is 20.5. The molecule has 0 unspecified atom stereocenters. The molecular formula is C18H20F2N2O4S2. The highest BCUT2D eigenvalue weighted by Crippen LogP contribution is 2.34. The third-order valence-corrected chi connectivity index (χ3v) is 8.23. The molecule has 0 bridgehead atoms. The van der Waals surface area contributed by atoms with Gasteiger partial charge in [-0.15, -0.1) is 0 Å². The normalized spacial score (nSPS) is 19.8. The summed E-state index contributed by atoms with van der Waals surface area (Å²) in [7, 11) is -7.55. The Bertz CT molecular complexity index is 1040. The number of alkyl halides is 2. The van der Waals surface area contributed by atoms with Crippen LogP contribution in [-0.2, 0) is 19.9 Å². The second kappa shape index (κ2) is 7.86. The Morgan fingerprint density at radius 2 is 1.46 bits per heavy atom. The van der Waals surface area contributed by atoms with E-state index >= 15 is 0 Å². The molecule has 0 radical (unpaired) electrons. The zero-order valence-corrected chi connectivity index (χ0v) is 16.7. The van der Waals surface area contributed by atoms with Crippen LogP contribution in [-0.4, -0.2) is 58.5 Å². The third-order valence-electron chi connectivity index (χ3n) is 4.70. The highest BCUT2D eigenvalue weighted by Gasteiger charge is 2.40. The van der Waals surface area contributed by atoms with Crippen LogP contribution < -0.4 is 0 Å². The number of sulfone groups is 1. The quantitative estimate of drug-likeness (QED) is 0.728. The van der Waals surface area contributed by atoms with E-state index in [-0.39, 0.29) is 6.54 Å². The van der Waals surface area contributed by atoms with Crippen LogP contribution in [0.2, 0.25) is 0 Å². The summed E-state index contributed by atoms with van der Waals surface area (Å²) < 4.78 is 78.2. The van der Waals surface area contributed by atoms with Gasteiger partial charge < -0.3 is 4.90 Å².